The number of carbonyl (C=O) groups excluding carboxylic acids is 1. The number of hydrogen-bond donors (Lipinski definition) is 2. The average Bonchev–Trinajstić information content (AvgIpc) is 2.96. The zero-order valence-electron chi connectivity index (χ0n) is 12.0. The number of aliphatic hydroxyl groups excluding tert-OH is 1. The molecule has 6 heteroatoms. The maximum atomic E-state index is 13.7. The number of para-hydroxylation sites is 1. The summed E-state index contributed by atoms with van der Waals surface area (Å²) in [6.07, 6.45) is 1.54. The fourth-order valence-corrected chi connectivity index (χ4v) is 1.80. The molecule has 0 bridgehead atoms. The number of aliphatic hydroxyl groups is 1. The molecule has 0 saturated carbocycles. The summed E-state index contributed by atoms with van der Waals surface area (Å²) in [7, 11) is 0. The molecule has 0 aliphatic rings. The van der Waals surface area contributed by atoms with Gasteiger partial charge in [-0.15, -0.1) is 0 Å². The van der Waals surface area contributed by atoms with Gasteiger partial charge in [0.05, 0.1) is 0 Å². The van der Waals surface area contributed by atoms with Crippen LogP contribution in [0.2, 0.25) is 0 Å². The van der Waals surface area contributed by atoms with E-state index >= 15 is 0 Å². The Morgan fingerprint density at radius 3 is 2.76 bits per heavy atom. The van der Waals surface area contributed by atoms with E-state index in [2.05, 4.69) is 10.4 Å². The van der Waals surface area contributed by atoms with E-state index in [1.165, 1.54) is 23.0 Å². The largest absolute Gasteiger partial charge is 0.396 e. The van der Waals surface area contributed by atoms with Crippen LogP contribution in [0.1, 0.15) is 24.3 Å². The van der Waals surface area contributed by atoms with Crippen molar-refractivity contribution in [3.63, 3.8) is 0 Å². The van der Waals surface area contributed by atoms with Crippen LogP contribution in [-0.4, -0.2) is 33.4 Å². The maximum absolute atomic E-state index is 13.7. The zero-order valence-corrected chi connectivity index (χ0v) is 12.0. The molecule has 0 fully saturated rings. The van der Waals surface area contributed by atoms with Crippen molar-refractivity contribution < 1.29 is 14.3 Å². The lowest BCUT2D eigenvalue weighted by Gasteiger charge is -2.18. The molecule has 1 heterocycles. The molecule has 2 atom stereocenters. The van der Waals surface area contributed by atoms with Crippen molar-refractivity contribution in [1.29, 1.82) is 0 Å². The highest BCUT2D eigenvalue weighted by Crippen LogP contribution is 2.12. The monoisotopic (exact) mass is 291 g/mol. The van der Waals surface area contributed by atoms with Gasteiger partial charge in [0.2, 0.25) is 0 Å². The van der Waals surface area contributed by atoms with E-state index in [0.29, 0.717) is 0 Å². The van der Waals surface area contributed by atoms with E-state index in [9.17, 15) is 9.18 Å². The number of halogens is 1. The molecule has 21 heavy (non-hydrogen) atoms. The minimum Gasteiger partial charge on any atom is -0.396 e. The molecule has 2 aromatic rings. The van der Waals surface area contributed by atoms with Crippen molar-refractivity contribution in [1.82, 2.24) is 15.1 Å². The van der Waals surface area contributed by atoms with E-state index < -0.39 is 5.82 Å². The lowest BCUT2D eigenvalue weighted by molar-refractivity contribution is 0.0910. The lowest BCUT2D eigenvalue weighted by Crippen LogP contribution is -2.38. The molecule has 0 spiro atoms. The third kappa shape index (κ3) is 3.46. The molecule has 5 nitrogen and oxygen atoms in total. The van der Waals surface area contributed by atoms with Crippen molar-refractivity contribution in [2.75, 3.05) is 6.61 Å². The molecule has 0 radical (unpaired) electrons. The van der Waals surface area contributed by atoms with Crippen LogP contribution in [0, 0.1) is 11.7 Å². The second-order valence-corrected chi connectivity index (χ2v) is 5.02. The van der Waals surface area contributed by atoms with Gasteiger partial charge in [-0.3, -0.25) is 4.79 Å². The van der Waals surface area contributed by atoms with E-state index in [1.807, 2.05) is 13.8 Å². The number of aromatic nitrogens is 2. The molecule has 2 unspecified atom stereocenters. The lowest BCUT2D eigenvalue weighted by atomic mass is 10.1. The highest BCUT2D eigenvalue weighted by molar-refractivity contribution is 5.92. The quantitative estimate of drug-likeness (QED) is 0.882. The second kappa shape index (κ2) is 6.49. The molecule has 1 amide bonds. The van der Waals surface area contributed by atoms with Crippen LogP contribution in [-0.2, 0) is 0 Å². The van der Waals surface area contributed by atoms with Crippen LogP contribution in [0.4, 0.5) is 4.39 Å². The predicted octanol–water partition coefficient (Wildman–Crippen LogP) is 1.76. The van der Waals surface area contributed by atoms with Gasteiger partial charge in [0.1, 0.15) is 11.5 Å². The third-order valence-corrected chi connectivity index (χ3v) is 3.42. The molecular formula is C15H18FN3O2. The number of carbonyl (C=O) groups is 1. The number of nitrogens with zero attached hydrogens (tertiary/aromatic N) is 2. The van der Waals surface area contributed by atoms with Crippen LogP contribution in [0.15, 0.2) is 36.5 Å². The molecular weight excluding hydrogens is 273 g/mol. The molecule has 0 saturated heterocycles. The number of nitrogens with one attached hydrogen (secondary N) is 1. The smallest absolute Gasteiger partial charge is 0.272 e. The Kier molecular flexibility index (Phi) is 4.70. The predicted molar refractivity (Wildman–Crippen MR) is 76.7 cm³/mol. The molecule has 0 aliphatic heterocycles. The molecule has 1 aromatic heterocycles. The summed E-state index contributed by atoms with van der Waals surface area (Å²) in [6.45, 7) is 3.64. The van der Waals surface area contributed by atoms with Gasteiger partial charge < -0.3 is 10.4 Å². The Morgan fingerprint density at radius 1 is 1.38 bits per heavy atom. The standard InChI is InChI=1S/C15H18FN3O2/c1-10(9-20)11(2)17-15(21)13-7-8-19(18-13)14-6-4-3-5-12(14)16/h3-8,10-11,20H,9H2,1-2H3,(H,17,21). The second-order valence-electron chi connectivity index (χ2n) is 5.02. The van der Waals surface area contributed by atoms with E-state index in [1.54, 1.807) is 18.2 Å². The number of hydrogen-bond acceptors (Lipinski definition) is 3. The summed E-state index contributed by atoms with van der Waals surface area (Å²) in [6, 6.07) is 7.56. The molecule has 112 valence electrons. The summed E-state index contributed by atoms with van der Waals surface area (Å²) >= 11 is 0. The third-order valence-electron chi connectivity index (χ3n) is 3.42. The molecule has 1 aromatic carbocycles. The van der Waals surface area contributed by atoms with Crippen molar-refractivity contribution in [2.45, 2.75) is 19.9 Å². The Bertz CT molecular complexity index is 627. The fourth-order valence-electron chi connectivity index (χ4n) is 1.80. The van der Waals surface area contributed by atoms with Gasteiger partial charge in [-0.1, -0.05) is 19.1 Å². The average molecular weight is 291 g/mol. The first-order valence-corrected chi connectivity index (χ1v) is 6.75. The van der Waals surface area contributed by atoms with E-state index in [4.69, 9.17) is 5.11 Å². The van der Waals surface area contributed by atoms with Crippen LogP contribution in [0.25, 0.3) is 5.69 Å². The summed E-state index contributed by atoms with van der Waals surface area (Å²) in [5.41, 5.74) is 0.489. The van der Waals surface area contributed by atoms with Crippen molar-refractivity contribution in [3.8, 4) is 5.69 Å². The van der Waals surface area contributed by atoms with E-state index in [0.717, 1.165) is 0 Å². The van der Waals surface area contributed by atoms with E-state index in [-0.39, 0.29) is 35.9 Å². The van der Waals surface area contributed by atoms with Crippen LogP contribution < -0.4 is 5.32 Å². The Balaban J connectivity index is 2.13. The van der Waals surface area contributed by atoms with Crippen molar-refractivity contribution in [3.05, 3.63) is 48.0 Å². The zero-order chi connectivity index (χ0) is 15.4. The number of benzene rings is 1. The Hall–Kier alpha value is -2.21. The van der Waals surface area contributed by atoms with Gasteiger partial charge in [0.15, 0.2) is 5.69 Å². The van der Waals surface area contributed by atoms with Gasteiger partial charge >= 0.3 is 0 Å². The Labute approximate surface area is 122 Å². The molecule has 2 rings (SSSR count). The first-order valence-electron chi connectivity index (χ1n) is 6.75. The SMILES string of the molecule is CC(CO)C(C)NC(=O)c1ccn(-c2ccccc2F)n1. The van der Waals surface area contributed by atoms with Crippen molar-refractivity contribution >= 4 is 5.91 Å². The van der Waals surface area contributed by atoms with Gasteiger partial charge in [0, 0.05) is 18.8 Å². The highest BCUT2D eigenvalue weighted by Gasteiger charge is 2.17. The Morgan fingerprint density at radius 2 is 2.10 bits per heavy atom. The molecule has 2 N–H and O–H groups in total. The van der Waals surface area contributed by atoms with Gasteiger partial charge in [0.25, 0.3) is 5.91 Å². The highest BCUT2D eigenvalue weighted by atomic mass is 19.1. The minimum atomic E-state index is -0.408. The van der Waals surface area contributed by atoms with Gasteiger partial charge in [-0.2, -0.15) is 5.10 Å². The van der Waals surface area contributed by atoms with Crippen molar-refractivity contribution in [2.24, 2.45) is 5.92 Å². The first kappa shape index (κ1) is 15.2. The number of rotatable bonds is 5. The summed E-state index contributed by atoms with van der Waals surface area (Å²) in [5.74, 6) is -0.810. The maximum Gasteiger partial charge on any atom is 0.272 e. The van der Waals surface area contributed by atoms with Gasteiger partial charge in [-0.25, -0.2) is 9.07 Å². The summed E-state index contributed by atoms with van der Waals surface area (Å²) in [4.78, 5) is 12.0. The topological polar surface area (TPSA) is 67.2 Å². The number of amides is 1. The van der Waals surface area contributed by atoms with Crippen LogP contribution in [0.3, 0.4) is 0 Å². The first-order chi connectivity index (χ1) is 10.0. The van der Waals surface area contributed by atoms with Gasteiger partial charge in [-0.05, 0) is 31.0 Å². The minimum absolute atomic E-state index is 0.00882. The normalized spacial score (nSPS) is 13.7. The fraction of sp³-hybridized carbons (Fsp3) is 0.333. The summed E-state index contributed by atoms with van der Waals surface area (Å²) in [5, 5.41) is 15.9. The van der Waals surface area contributed by atoms with Crippen LogP contribution in [0.5, 0.6) is 0 Å². The molecule has 0 aliphatic carbocycles. The summed E-state index contributed by atoms with van der Waals surface area (Å²) < 4.78 is 15.0. The van der Waals surface area contributed by atoms with Crippen LogP contribution >= 0.6 is 0 Å².